The number of benzene rings is 1. The van der Waals surface area contributed by atoms with Crippen LogP contribution < -0.4 is 11.1 Å². The van der Waals surface area contributed by atoms with Gasteiger partial charge >= 0.3 is 0 Å². The van der Waals surface area contributed by atoms with Crippen molar-refractivity contribution in [2.75, 3.05) is 12.3 Å². The summed E-state index contributed by atoms with van der Waals surface area (Å²) in [5, 5.41) is 2.97. The molecule has 3 nitrogen and oxygen atoms in total. The van der Waals surface area contributed by atoms with Crippen molar-refractivity contribution in [2.24, 2.45) is 5.92 Å². The molecule has 0 spiro atoms. The number of allylic oxidation sites excluding steroid dienone is 2. The van der Waals surface area contributed by atoms with Gasteiger partial charge < -0.3 is 11.1 Å². The predicted octanol–water partition coefficient (Wildman–Crippen LogP) is 2.35. The van der Waals surface area contributed by atoms with Gasteiger partial charge in [0.2, 0.25) is 0 Å². The molecular formula is C14H18N2O. The molecule has 1 aliphatic rings. The van der Waals surface area contributed by atoms with Crippen LogP contribution in [0.15, 0.2) is 36.4 Å². The molecule has 1 atom stereocenters. The van der Waals surface area contributed by atoms with E-state index in [1.54, 1.807) is 24.3 Å². The van der Waals surface area contributed by atoms with Crippen molar-refractivity contribution in [3.05, 3.63) is 42.0 Å². The van der Waals surface area contributed by atoms with Gasteiger partial charge in [0.15, 0.2) is 0 Å². The Bertz CT molecular complexity index is 426. The van der Waals surface area contributed by atoms with Crippen molar-refractivity contribution in [2.45, 2.75) is 19.3 Å². The van der Waals surface area contributed by atoms with Gasteiger partial charge in [0, 0.05) is 17.8 Å². The third kappa shape index (κ3) is 3.34. The average molecular weight is 230 g/mol. The van der Waals surface area contributed by atoms with E-state index in [9.17, 15) is 4.79 Å². The van der Waals surface area contributed by atoms with E-state index >= 15 is 0 Å². The number of amides is 1. The van der Waals surface area contributed by atoms with Gasteiger partial charge in [-0.1, -0.05) is 18.2 Å². The number of hydrogen-bond acceptors (Lipinski definition) is 2. The van der Waals surface area contributed by atoms with E-state index in [4.69, 9.17) is 5.73 Å². The van der Waals surface area contributed by atoms with Gasteiger partial charge in [0.05, 0.1) is 0 Å². The smallest absolute Gasteiger partial charge is 0.251 e. The quantitative estimate of drug-likeness (QED) is 0.618. The Morgan fingerprint density at radius 3 is 3.00 bits per heavy atom. The fraction of sp³-hybridized carbons (Fsp3) is 0.357. The van der Waals surface area contributed by atoms with Crippen molar-refractivity contribution < 1.29 is 4.79 Å². The number of nitrogens with two attached hydrogens (primary N) is 1. The van der Waals surface area contributed by atoms with Gasteiger partial charge in [-0.25, -0.2) is 0 Å². The largest absolute Gasteiger partial charge is 0.399 e. The summed E-state index contributed by atoms with van der Waals surface area (Å²) in [5.41, 5.74) is 6.91. The highest BCUT2D eigenvalue weighted by Crippen LogP contribution is 2.17. The number of carbonyl (C=O) groups is 1. The Morgan fingerprint density at radius 2 is 2.29 bits per heavy atom. The summed E-state index contributed by atoms with van der Waals surface area (Å²) in [6.45, 7) is 0.748. The Balaban J connectivity index is 1.87. The molecule has 3 N–H and O–H groups in total. The first-order chi connectivity index (χ1) is 8.25. The number of anilines is 1. The zero-order valence-electron chi connectivity index (χ0n) is 9.86. The molecule has 0 saturated carbocycles. The summed E-state index contributed by atoms with van der Waals surface area (Å²) >= 11 is 0. The maximum absolute atomic E-state index is 11.9. The monoisotopic (exact) mass is 230 g/mol. The van der Waals surface area contributed by atoms with Gasteiger partial charge in [-0.2, -0.15) is 0 Å². The molecule has 1 amide bonds. The van der Waals surface area contributed by atoms with Crippen LogP contribution in [0.25, 0.3) is 0 Å². The highest BCUT2D eigenvalue weighted by molar-refractivity contribution is 5.94. The zero-order valence-corrected chi connectivity index (χ0v) is 9.86. The number of hydrogen-bond donors (Lipinski definition) is 2. The molecule has 0 bridgehead atoms. The Labute approximate surface area is 102 Å². The third-order valence-electron chi connectivity index (χ3n) is 3.08. The van der Waals surface area contributed by atoms with Gasteiger partial charge in [-0.15, -0.1) is 0 Å². The van der Waals surface area contributed by atoms with E-state index in [1.165, 1.54) is 0 Å². The molecule has 17 heavy (non-hydrogen) atoms. The van der Waals surface area contributed by atoms with E-state index in [1.807, 2.05) is 0 Å². The molecule has 0 aromatic heterocycles. The van der Waals surface area contributed by atoms with Crippen molar-refractivity contribution in [3.8, 4) is 0 Å². The van der Waals surface area contributed by atoms with E-state index in [-0.39, 0.29) is 5.91 Å². The summed E-state index contributed by atoms with van der Waals surface area (Å²) in [7, 11) is 0. The van der Waals surface area contributed by atoms with Crippen molar-refractivity contribution in [1.29, 1.82) is 0 Å². The Morgan fingerprint density at radius 1 is 1.41 bits per heavy atom. The standard InChI is InChI=1S/C14H18N2O/c15-13-8-4-7-12(9-13)14(17)16-10-11-5-2-1-3-6-11/h1-2,4,7-9,11H,3,5-6,10,15H2,(H,16,17). The van der Waals surface area contributed by atoms with Crippen LogP contribution in [-0.2, 0) is 0 Å². The molecule has 90 valence electrons. The second kappa shape index (κ2) is 5.53. The van der Waals surface area contributed by atoms with E-state index in [2.05, 4.69) is 17.5 Å². The molecular weight excluding hydrogens is 212 g/mol. The first kappa shape index (κ1) is 11.7. The van der Waals surface area contributed by atoms with Gasteiger partial charge in [0.25, 0.3) is 5.91 Å². The van der Waals surface area contributed by atoms with E-state index < -0.39 is 0 Å². The topological polar surface area (TPSA) is 55.1 Å². The lowest BCUT2D eigenvalue weighted by molar-refractivity contribution is 0.0946. The first-order valence-electron chi connectivity index (χ1n) is 6.04. The van der Waals surface area contributed by atoms with Crippen LogP contribution in [0.2, 0.25) is 0 Å². The second-order valence-corrected chi connectivity index (χ2v) is 4.49. The lowest BCUT2D eigenvalue weighted by Crippen LogP contribution is -2.29. The maximum atomic E-state index is 11.9. The summed E-state index contributed by atoms with van der Waals surface area (Å²) < 4.78 is 0. The normalized spacial score (nSPS) is 18.9. The minimum Gasteiger partial charge on any atom is -0.399 e. The summed E-state index contributed by atoms with van der Waals surface area (Å²) in [5.74, 6) is 0.539. The lowest BCUT2D eigenvalue weighted by Gasteiger charge is -2.18. The SMILES string of the molecule is Nc1cccc(C(=O)NCC2CC=CCC2)c1. The minimum atomic E-state index is -0.0353. The molecule has 1 unspecified atom stereocenters. The fourth-order valence-corrected chi connectivity index (χ4v) is 2.06. The average Bonchev–Trinajstić information content (AvgIpc) is 2.37. The molecule has 0 saturated heterocycles. The summed E-state index contributed by atoms with van der Waals surface area (Å²) in [6.07, 6.45) is 7.75. The van der Waals surface area contributed by atoms with Gasteiger partial charge in [0.1, 0.15) is 0 Å². The third-order valence-corrected chi connectivity index (χ3v) is 3.08. The van der Waals surface area contributed by atoms with Crippen molar-refractivity contribution in [3.63, 3.8) is 0 Å². The number of carbonyl (C=O) groups excluding carboxylic acids is 1. The molecule has 0 fully saturated rings. The molecule has 1 aliphatic carbocycles. The van der Waals surface area contributed by atoms with E-state index in [0.717, 1.165) is 25.8 Å². The van der Waals surface area contributed by atoms with Gasteiger partial charge in [-0.05, 0) is 43.4 Å². The minimum absolute atomic E-state index is 0.0353. The van der Waals surface area contributed by atoms with Crippen LogP contribution in [0.1, 0.15) is 29.6 Å². The predicted molar refractivity (Wildman–Crippen MR) is 69.7 cm³/mol. The van der Waals surface area contributed by atoms with Crippen LogP contribution >= 0.6 is 0 Å². The molecule has 1 aromatic carbocycles. The number of nitrogens with one attached hydrogen (secondary N) is 1. The lowest BCUT2D eigenvalue weighted by atomic mass is 9.94. The van der Waals surface area contributed by atoms with Crippen LogP contribution in [-0.4, -0.2) is 12.5 Å². The molecule has 3 heteroatoms. The molecule has 0 aliphatic heterocycles. The fourth-order valence-electron chi connectivity index (χ4n) is 2.06. The molecule has 2 rings (SSSR count). The number of nitrogen functional groups attached to an aromatic ring is 1. The van der Waals surface area contributed by atoms with Crippen LogP contribution in [0.5, 0.6) is 0 Å². The Hall–Kier alpha value is -1.77. The van der Waals surface area contributed by atoms with Crippen LogP contribution in [0, 0.1) is 5.92 Å². The summed E-state index contributed by atoms with van der Waals surface area (Å²) in [4.78, 5) is 11.9. The Kier molecular flexibility index (Phi) is 3.81. The summed E-state index contributed by atoms with van der Waals surface area (Å²) in [6, 6.07) is 7.07. The van der Waals surface area contributed by atoms with E-state index in [0.29, 0.717) is 17.2 Å². The maximum Gasteiger partial charge on any atom is 0.251 e. The highest BCUT2D eigenvalue weighted by atomic mass is 16.1. The highest BCUT2D eigenvalue weighted by Gasteiger charge is 2.12. The molecule has 1 aromatic rings. The van der Waals surface area contributed by atoms with Gasteiger partial charge in [-0.3, -0.25) is 4.79 Å². The molecule has 0 heterocycles. The van der Waals surface area contributed by atoms with Crippen molar-refractivity contribution in [1.82, 2.24) is 5.32 Å². The van der Waals surface area contributed by atoms with Crippen LogP contribution in [0.4, 0.5) is 5.69 Å². The number of rotatable bonds is 3. The van der Waals surface area contributed by atoms with Crippen molar-refractivity contribution >= 4 is 11.6 Å². The van der Waals surface area contributed by atoms with Crippen LogP contribution in [0.3, 0.4) is 0 Å². The zero-order chi connectivity index (χ0) is 12.1. The first-order valence-corrected chi connectivity index (χ1v) is 6.04. The second-order valence-electron chi connectivity index (χ2n) is 4.49. The molecule has 0 radical (unpaired) electrons.